The summed E-state index contributed by atoms with van der Waals surface area (Å²) in [6.45, 7) is 10.7. The smallest absolute Gasteiger partial charge is 0.135 e. The molecular weight excluding hydrogens is 1050 g/mol. The van der Waals surface area contributed by atoms with Gasteiger partial charge in [-0.05, 0) is 83.7 Å². The summed E-state index contributed by atoms with van der Waals surface area (Å²) in [4.78, 5) is 9.11. The Labute approximate surface area is 434 Å². The third-order valence-electron chi connectivity index (χ3n) is 13.3. The number of rotatable bonds is 9. The van der Waals surface area contributed by atoms with E-state index in [1.807, 2.05) is 90.6 Å². The average Bonchev–Trinajstić information content (AvgIpc) is 3.97. The van der Waals surface area contributed by atoms with Crippen molar-refractivity contribution in [2.45, 2.75) is 33.1 Å². The van der Waals surface area contributed by atoms with Gasteiger partial charge in [0.25, 0.3) is 0 Å². The van der Waals surface area contributed by atoms with E-state index in [4.69, 9.17) is 9.72 Å². The van der Waals surface area contributed by atoms with E-state index in [1.54, 1.807) is 0 Å². The van der Waals surface area contributed by atoms with Gasteiger partial charge in [0.15, 0.2) is 0 Å². The quantitative estimate of drug-likeness (QED) is 0.135. The molecular formula is C65H49N4OPt-3. The van der Waals surface area contributed by atoms with Crippen LogP contribution in [0.15, 0.2) is 218 Å². The fourth-order valence-corrected chi connectivity index (χ4v) is 9.72. The van der Waals surface area contributed by atoms with E-state index in [-0.39, 0.29) is 56.0 Å². The Kier molecular flexibility index (Phi) is 11.1. The zero-order valence-corrected chi connectivity index (χ0v) is 41.9. The Morgan fingerprint density at radius 3 is 1.82 bits per heavy atom. The van der Waals surface area contributed by atoms with Crippen LogP contribution in [0.5, 0.6) is 11.5 Å². The molecule has 0 fully saturated rings. The van der Waals surface area contributed by atoms with Crippen LogP contribution in [0.3, 0.4) is 0 Å². The van der Waals surface area contributed by atoms with Gasteiger partial charge in [-0.2, -0.15) is 12.1 Å². The molecule has 0 radical (unpaired) electrons. The van der Waals surface area contributed by atoms with Gasteiger partial charge in [-0.25, -0.2) is 4.98 Å². The van der Waals surface area contributed by atoms with Crippen LogP contribution in [0, 0.1) is 25.7 Å². The predicted octanol–water partition coefficient (Wildman–Crippen LogP) is 17.3. The first kappa shape index (κ1) is 41.9. The summed E-state index contributed by atoms with van der Waals surface area (Å²) < 4.78 is 36.5. The van der Waals surface area contributed by atoms with Gasteiger partial charge in [0, 0.05) is 79.4 Å². The molecule has 5 nitrogen and oxygen atoms in total. The Balaban J connectivity index is 0.00000588. The molecule has 3 heterocycles. The molecule has 2 aromatic heterocycles. The number of aromatic nitrogens is 2. The van der Waals surface area contributed by atoms with Gasteiger partial charge in [0.05, 0.1) is 0 Å². The third kappa shape index (κ3) is 8.51. The fraction of sp³-hybridized carbons (Fsp3) is 0.0769. The topological polar surface area (TPSA) is 33.5 Å². The van der Waals surface area contributed by atoms with Crippen LogP contribution in [0.1, 0.15) is 36.0 Å². The van der Waals surface area contributed by atoms with E-state index in [9.17, 15) is 4.11 Å². The Morgan fingerprint density at radius 1 is 0.549 bits per heavy atom. The molecule has 9 aromatic carbocycles. The molecule has 348 valence electrons. The number of anilines is 4. The molecule has 0 bridgehead atoms. The maximum absolute atomic E-state index is 9.38. The minimum atomic E-state index is -0.279. The van der Waals surface area contributed by atoms with E-state index in [0.29, 0.717) is 5.75 Å². The first-order valence-corrected chi connectivity index (χ1v) is 23.6. The van der Waals surface area contributed by atoms with Gasteiger partial charge < -0.3 is 19.1 Å². The summed E-state index contributed by atoms with van der Waals surface area (Å²) in [5.74, 6) is 1.07. The van der Waals surface area contributed by atoms with E-state index in [2.05, 4.69) is 171 Å². The Bertz CT molecular complexity index is 3890. The van der Waals surface area contributed by atoms with E-state index >= 15 is 0 Å². The first-order chi connectivity index (χ1) is 35.5. The number of ether oxygens (including phenoxy) is 1. The molecule has 0 aliphatic carbocycles. The molecule has 1 aliphatic heterocycles. The molecule has 0 unspecified atom stereocenters. The largest absolute Gasteiger partial charge is 0.509 e. The zero-order chi connectivity index (χ0) is 50.0. The summed E-state index contributed by atoms with van der Waals surface area (Å²) in [5, 5.41) is 1.98. The number of benzene rings is 9. The van der Waals surface area contributed by atoms with Crippen molar-refractivity contribution in [1.29, 1.82) is 0 Å². The SMILES string of the molecule is [2H]c1c(Oc2[c-]c3c(cc2)c2cc(-c4ccccc4)ccc2n3-c2cc(C)c(-c3ccccc3)cn2)[c-]c(N2[CH-]N(c3c(-c4ccccc4)cccc3-c3ccc(C(C)(C)C)cc3)c3ccccc32)c([2H])c1[2H].[Pt]. The average molecular weight is 1100 g/mol. The molecule has 0 saturated carbocycles. The molecule has 1 aliphatic rings. The number of nitrogens with zero attached hydrogens (tertiary/aromatic N) is 4. The maximum Gasteiger partial charge on any atom is 0.135 e. The van der Waals surface area contributed by atoms with Crippen molar-refractivity contribution in [2.75, 3.05) is 9.80 Å². The number of hydrogen-bond donors (Lipinski definition) is 0. The summed E-state index contributed by atoms with van der Waals surface area (Å²) in [5.41, 5.74) is 15.5. The van der Waals surface area contributed by atoms with Crippen LogP contribution in [0.25, 0.3) is 72.1 Å². The summed E-state index contributed by atoms with van der Waals surface area (Å²) in [6.07, 6.45) is 1.93. The van der Waals surface area contributed by atoms with Gasteiger partial charge >= 0.3 is 0 Å². The van der Waals surface area contributed by atoms with Gasteiger partial charge in [-0.3, -0.25) is 0 Å². The first-order valence-electron chi connectivity index (χ1n) is 25.1. The number of pyridine rings is 1. The van der Waals surface area contributed by atoms with Crippen molar-refractivity contribution in [3.8, 4) is 61.8 Å². The monoisotopic (exact) mass is 1100 g/mol. The van der Waals surface area contributed by atoms with E-state index < -0.39 is 0 Å². The van der Waals surface area contributed by atoms with Crippen molar-refractivity contribution in [3.05, 3.63) is 248 Å². The fourth-order valence-electron chi connectivity index (χ4n) is 9.72. The predicted molar refractivity (Wildman–Crippen MR) is 289 cm³/mol. The Morgan fingerprint density at radius 2 is 1.15 bits per heavy atom. The molecule has 0 saturated heterocycles. The normalized spacial score (nSPS) is 12.9. The van der Waals surface area contributed by atoms with Crippen molar-refractivity contribution in [1.82, 2.24) is 9.55 Å². The molecule has 11 aromatic rings. The molecule has 0 N–H and O–H groups in total. The maximum atomic E-state index is 9.38. The second-order valence-electron chi connectivity index (χ2n) is 18.8. The van der Waals surface area contributed by atoms with Crippen molar-refractivity contribution in [3.63, 3.8) is 0 Å². The van der Waals surface area contributed by atoms with Crippen LogP contribution in [-0.2, 0) is 26.5 Å². The summed E-state index contributed by atoms with van der Waals surface area (Å²) in [7, 11) is 0. The van der Waals surface area contributed by atoms with Crippen LogP contribution >= 0.6 is 0 Å². The van der Waals surface area contributed by atoms with Crippen molar-refractivity contribution >= 4 is 44.6 Å². The molecule has 0 atom stereocenters. The molecule has 6 heteroatoms. The van der Waals surface area contributed by atoms with Crippen molar-refractivity contribution < 1.29 is 29.9 Å². The molecule has 0 spiro atoms. The molecule has 71 heavy (non-hydrogen) atoms. The summed E-state index contributed by atoms with van der Waals surface area (Å²) in [6, 6.07) is 72.9. The minimum Gasteiger partial charge on any atom is -0.509 e. The van der Waals surface area contributed by atoms with Crippen LogP contribution in [0.4, 0.5) is 22.7 Å². The van der Waals surface area contributed by atoms with E-state index in [0.717, 1.165) is 94.8 Å². The van der Waals surface area contributed by atoms with Gasteiger partial charge in [-0.15, -0.1) is 48.0 Å². The summed E-state index contributed by atoms with van der Waals surface area (Å²) >= 11 is 0. The number of hydrogen-bond acceptors (Lipinski definition) is 4. The van der Waals surface area contributed by atoms with Crippen LogP contribution in [-0.4, -0.2) is 9.55 Å². The number of fused-ring (bicyclic) bond motifs is 4. The van der Waals surface area contributed by atoms with Crippen LogP contribution in [0.2, 0.25) is 0 Å². The molecule has 0 amide bonds. The van der Waals surface area contributed by atoms with Gasteiger partial charge in [0.1, 0.15) is 5.82 Å². The number of para-hydroxylation sites is 3. The van der Waals surface area contributed by atoms with Crippen molar-refractivity contribution in [2.24, 2.45) is 0 Å². The molecule has 12 rings (SSSR count). The Hall–Kier alpha value is -7.98. The van der Waals surface area contributed by atoms with Gasteiger partial charge in [0.2, 0.25) is 0 Å². The van der Waals surface area contributed by atoms with Crippen LogP contribution < -0.4 is 14.5 Å². The standard InChI is InChI=1S/C65H49N4O.Pt/c1-44-38-63(66-42-58(44)47-22-12-7-13-23-47)69-59-37-32-49(45-18-8-5-9-19-45)39-57(59)56-36-35-53(41-62(56)69)70-52-25-16-24-51(40-52)67-43-68(61-29-15-14-28-60(61)67)64-54(46-20-10-6-11-21-46)26-17-27-55(64)48-30-33-50(34-31-48)65(2,3)4;/h5-39,42-43H,1-4H3;/q-3;/i16D,24D,25D;. The second-order valence-corrected chi connectivity index (χ2v) is 18.8. The minimum absolute atomic E-state index is 0. The second kappa shape index (κ2) is 18.7. The van der Waals surface area contributed by atoms with Gasteiger partial charge in [-0.1, -0.05) is 184 Å². The van der Waals surface area contributed by atoms with E-state index in [1.165, 1.54) is 5.56 Å². The zero-order valence-electron chi connectivity index (χ0n) is 42.6. The third-order valence-corrected chi connectivity index (χ3v) is 13.3. The number of aryl methyl sites for hydroxylation is 1.